The summed E-state index contributed by atoms with van der Waals surface area (Å²) in [6.45, 7) is 1.26. The van der Waals surface area contributed by atoms with E-state index in [9.17, 15) is 4.79 Å². The zero-order valence-electron chi connectivity index (χ0n) is 13.5. The van der Waals surface area contributed by atoms with E-state index in [0.29, 0.717) is 19.6 Å². The van der Waals surface area contributed by atoms with E-state index in [2.05, 4.69) is 12.1 Å². The summed E-state index contributed by atoms with van der Waals surface area (Å²) in [4.78, 5) is 14.3. The molecule has 4 rings (SSSR count). The average Bonchev–Trinajstić information content (AvgIpc) is 3.03. The first-order valence-electron chi connectivity index (χ1n) is 8.02. The number of allylic oxidation sites excluding steroid dienone is 1. The summed E-state index contributed by atoms with van der Waals surface area (Å²) in [6.07, 6.45) is 6.17. The Hall–Kier alpha value is -1.85. The first-order valence-corrected chi connectivity index (χ1v) is 8.02. The predicted octanol–water partition coefficient (Wildman–Crippen LogP) is 2.39. The van der Waals surface area contributed by atoms with Crippen LogP contribution in [0.4, 0.5) is 5.69 Å². The molecule has 1 fully saturated rings. The monoisotopic (exact) mass is 315 g/mol. The summed E-state index contributed by atoms with van der Waals surface area (Å²) in [5.41, 5.74) is 1.72. The Bertz CT molecular complexity index is 678. The molecule has 1 aromatic carbocycles. The first-order chi connectivity index (χ1) is 11.1. The normalized spacial score (nSPS) is 28.4. The number of hydrogen-bond acceptors (Lipinski definition) is 4. The Morgan fingerprint density at radius 2 is 1.96 bits per heavy atom. The van der Waals surface area contributed by atoms with E-state index in [1.165, 1.54) is 0 Å². The van der Waals surface area contributed by atoms with Crippen LogP contribution in [0.25, 0.3) is 0 Å². The SMILES string of the molecule is COc1cccc2c1N(C)C(=O)CC21C=CC2(CC1)OCCO2. The Morgan fingerprint density at radius 3 is 2.61 bits per heavy atom. The standard InChI is InChI=1S/C18H21NO4/c1-19-15(20)12-17(13-4-3-5-14(21-2)16(13)19)6-8-18(9-7-17)22-10-11-23-18/h3-6,8H,7,9-12H2,1-2H3. The minimum Gasteiger partial charge on any atom is -0.495 e. The van der Waals surface area contributed by atoms with E-state index in [1.807, 2.05) is 25.3 Å². The Kier molecular flexibility index (Phi) is 3.25. The summed E-state index contributed by atoms with van der Waals surface area (Å²) < 4.78 is 17.0. The number of carbonyl (C=O) groups excluding carboxylic acids is 1. The van der Waals surface area contributed by atoms with Crippen molar-refractivity contribution in [2.45, 2.75) is 30.5 Å². The van der Waals surface area contributed by atoms with Gasteiger partial charge in [0.2, 0.25) is 5.91 Å². The minimum atomic E-state index is -0.587. The molecule has 0 saturated carbocycles. The zero-order valence-corrected chi connectivity index (χ0v) is 13.5. The fraction of sp³-hybridized carbons (Fsp3) is 0.500. The van der Waals surface area contributed by atoms with Gasteiger partial charge in [0.15, 0.2) is 5.79 Å². The molecule has 0 aromatic heterocycles. The van der Waals surface area contributed by atoms with Crippen LogP contribution in [0.15, 0.2) is 30.4 Å². The smallest absolute Gasteiger partial charge is 0.228 e. The lowest BCUT2D eigenvalue weighted by atomic mass is 9.67. The number of nitrogens with zero attached hydrogens (tertiary/aromatic N) is 1. The number of carbonyl (C=O) groups is 1. The number of para-hydroxylation sites is 1. The van der Waals surface area contributed by atoms with E-state index < -0.39 is 5.79 Å². The zero-order chi connectivity index (χ0) is 16.1. The van der Waals surface area contributed by atoms with Crippen molar-refractivity contribution in [3.05, 3.63) is 35.9 Å². The highest BCUT2D eigenvalue weighted by Crippen LogP contribution is 2.51. The molecule has 1 aromatic rings. The second-order valence-corrected chi connectivity index (χ2v) is 6.48. The Labute approximate surface area is 135 Å². The lowest BCUT2D eigenvalue weighted by Gasteiger charge is -2.44. The molecular weight excluding hydrogens is 294 g/mol. The minimum absolute atomic E-state index is 0.107. The number of rotatable bonds is 1. The molecule has 1 atom stereocenters. The van der Waals surface area contributed by atoms with Gasteiger partial charge >= 0.3 is 0 Å². The number of hydrogen-bond donors (Lipinski definition) is 0. The quantitative estimate of drug-likeness (QED) is 0.747. The molecule has 1 amide bonds. The Balaban J connectivity index is 1.82. The molecule has 0 radical (unpaired) electrons. The largest absolute Gasteiger partial charge is 0.495 e. The van der Waals surface area contributed by atoms with Gasteiger partial charge in [0.25, 0.3) is 0 Å². The summed E-state index contributed by atoms with van der Waals surface area (Å²) in [7, 11) is 3.45. The van der Waals surface area contributed by atoms with E-state index in [0.717, 1.165) is 29.8 Å². The van der Waals surface area contributed by atoms with Gasteiger partial charge in [0.1, 0.15) is 5.75 Å². The number of ether oxygens (including phenoxy) is 3. The molecule has 5 heteroatoms. The third-order valence-corrected chi connectivity index (χ3v) is 5.28. The lowest BCUT2D eigenvalue weighted by Crippen LogP contribution is -2.45. The highest BCUT2D eigenvalue weighted by Gasteiger charge is 2.48. The molecular formula is C18H21NO4. The van der Waals surface area contributed by atoms with Crippen molar-refractivity contribution < 1.29 is 19.0 Å². The van der Waals surface area contributed by atoms with Crippen LogP contribution in [-0.2, 0) is 19.7 Å². The second-order valence-electron chi connectivity index (χ2n) is 6.48. The van der Waals surface area contributed by atoms with Crippen LogP contribution < -0.4 is 9.64 Å². The molecule has 5 nitrogen and oxygen atoms in total. The van der Waals surface area contributed by atoms with Crippen molar-refractivity contribution >= 4 is 11.6 Å². The molecule has 0 N–H and O–H groups in total. The third kappa shape index (κ3) is 2.11. The summed E-state index contributed by atoms with van der Waals surface area (Å²) in [5.74, 6) is 0.256. The highest BCUT2D eigenvalue weighted by atomic mass is 16.7. The molecule has 2 spiro atoms. The molecule has 122 valence electrons. The molecule has 1 unspecified atom stereocenters. The van der Waals surface area contributed by atoms with Crippen molar-refractivity contribution in [3.63, 3.8) is 0 Å². The molecule has 1 saturated heterocycles. The number of benzene rings is 1. The maximum atomic E-state index is 12.6. The molecule has 3 aliphatic rings. The predicted molar refractivity (Wildman–Crippen MR) is 85.7 cm³/mol. The summed E-state index contributed by atoms with van der Waals surface area (Å²) in [6, 6.07) is 5.99. The van der Waals surface area contributed by atoms with Crippen LogP contribution in [0.5, 0.6) is 5.75 Å². The van der Waals surface area contributed by atoms with Crippen molar-refractivity contribution in [1.82, 2.24) is 0 Å². The van der Waals surface area contributed by atoms with Gasteiger partial charge in [-0.2, -0.15) is 0 Å². The van der Waals surface area contributed by atoms with Crippen molar-refractivity contribution in [1.29, 1.82) is 0 Å². The fourth-order valence-corrected chi connectivity index (χ4v) is 3.98. The maximum absolute atomic E-state index is 12.6. The summed E-state index contributed by atoms with van der Waals surface area (Å²) >= 11 is 0. The van der Waals surface area contributed by atoms with Crippen LogP contribution in [0, 0.1) is 0 Å². The van der Waals surface area contributed by atoms with E-state index >= 15 is 0 Å². The fourth-order valence-electron chi connectivity index (χ4n) is 3.98. The van der Waals surface area contributed by atoms with E-state index in [-0.39, 0.29) is 11.3 Å². The molecule has 1 aliphatic carbocycles. The van der Waals surface area contributed by atoms with Gasteiger partial charge < -0.3 is 19.1 Å². The average molecular weight is 315 g/mol. The van der Waals surface area contributed by atoms with Crippen LogP contribution in [0.1, 0.15) is 24.8 Å². The number of fused-ring (bicyclic) bond motifs is 2. The van der Waals surface area contributed by atoms with Crippen LogP contribution in [-0.4, -0.2) is 39.1 Å². The topological polar surface area (TPSA) is 48.0 Å². The van der Waals surface area contributed by atoms with Gasteiger partial charge in [0, 0.05) is 25.3 Å². The maximum Gasteiger partial charge on any atom is 0.228 e. The number of amides is 1. The number of methoxy groups -OCH3 is 1. The van der Waals surface area contributed by atoms with Crippen LogP contribution in [0.2, 0.25) is 0 Å². The second kappa shape index (κ2) is 5.08. The van der Waals surface area contributed by atoms with Crippen LogP contribution in [0.3, 0.4) is 0 Å². The van der Waals surface area contributed by atoms with Crippen molar-refractivity contribution in [2.75, 3.05) is 32.3 Å². The molecule has 0 bridgehead atoms. The van der Waals surface area contributed by atoms with Gasteiger partial charge in [-0.05, 0) is 24.1 Å². The van der Waals surface area contributed by atoms with E-state index in [1.54, 1.807) is 12.0 Å². The molecule has 23 heavy (non-hydrogen) atoms. The summed E-state index contributed by atoms with van der Waals surface area (Å²) in [5, 5.41) is 0. The van der Waals surface area contributed by atoms with E-state index in [4.69, 9.17) is 14.2 Å². The van der Waals surface area contributed by atoms with Crippen molar-refractivity contribution in [2.24, 2.45) is 0 Å². The lowest BCUT2D eigenvalue weighted by molar-refractivity contribution is -0.131. The van der Waals surface area contributed by atoms with Gasteiger partial charge in [-0.25, -0.2) is 0 Å². The number of anilines is 1. The molecule has 2 aliphatic heterocycles. The van der Waals surface area contributed by atoms with Crippen LogP contribution >= 0.6 is 0 Å². The Morgan fingerprint density at radius 1 is 1.17 bits per heavy atom. The highest BCUT2D eigenvalue weighted by molar-refractivity contribution is 5.99. The van der Waals surface area contributed by atoms with Gasteiger partial charge in [-0.1, -0.05) is 18.2 Å². The molecule has 2 heterocycles. The van der Waals surface area contributed by atoms with Gasteiger partial charge in [0.05, 0.1) is 26.0 Å². The first kappa shape index (κ1) is 14.7. The van der Waals surface area contributed by atoms with Crippen molar-refractivity contribution in [3.8, 4) is 5.75 Å². The van der Waals surface area contributed by atoms with Gasteiger partial charge in [-0.3, -0.25) is 4.79 Å². The van der Waals surface area contributed by atoms with Gasteiger partial charge in [-0.15, -0.1) is 0 Å². The third-order valence-electron chi connectivity index (χ3n) is 5.28.